The van der Waals surface area contributed by atoms with Gasteiger partial charge >= 0.3 is 0 Å². The summed E-state index contributed by atoms with van der Waals surface area (Å²) < 4.78 is 0. The van der Waals surface area contributed by atoms with E-state index in [9.17, 15) is 0 Å². The van der Waals surface area contributed by atoms with Gasteiger partial charge in [-0.2, -0.15) is 5.53 Å². The lowest BCUT2D eigenvalue weighted by Crippen LogP contribution is -2.22. The van der Waals surface area contributed by atoms with Crippen LogP contribution in [0.3, 0.4) is 0 Å². The Morgan fingerprint density at radius 3 is 2.86 bits per heavy atom. The largest absolute Gasteiger partial charge is 0.275 e. The standard InChI is InChI=1S/C3H5N4/c1-7-3-2-4-5-6-7/h2-3H,1H2,(H,4,6). The van der Waals surface area contributed by atoms with Crippen molar-refractivity contribution in [2.24, 2.45) is 10.3 Å². The van der Waals surface area contributed by atoms with E-state index >= 15 is 0 Å². The smallest absolute Gasteiger partial charge is 0.0692 e. The number of hydrogen-bond acceptors (Lipinski definition) is 4. The summed E-state index contributed by atoms with van der Waals surface area (Å²) in [5.41, 5.74) is 2.48. The highest BCUT2D eigenvalue weighted by molar-refractivity contribution is 4.78. The topological polar surface area (TPSA) is 40.0 Å². The molecule has 4 heteroatoms. The first kappa shape index (κ1) is 4.11. The third kappa shape index (κ3) is 0.887. The fourth-order valence-corrected chi connectivity index (χ4v) is 0.260. The van der Waals surface area contributed by atoms with Crippen LogP contribution >= 0.6 is 0 Å². The number of nitrogens with one attached hydrogen (secondary N) is 1. The summed E-state index contributed by atoms with van der Waals surface area (Å²) >= 11 is 0. The lowest BCUT2D eigenvalue weighted by atomic mass is 10.9. The minimum absolute atomic E-state index is 1.45. The van der Waals surface area contributed by atoms with E-state index in [0.717, 1.165) is 0 Å². The maximum Gasteiger partial charge on any atom is 0.0692 e. The Morgan fingerprint density at radius 1 is 1.71 bits per heavy atom. The summed E-state index contributed by atoms with van der Waals surface area (Å²) in [6.45, 7) is 0. The van der Waals surface area contributed by atoms with Crippen LogP contribution in [-0.2, 0) is 0 Å². The van der Waals surface area contributed by atoms with Crippen LogP contribution in [0.2, 0.25) is 0 Å². The lowest BCUT2D eigenvalue weighted by molar-refractivity contribution is 0.346. The van der Waals surface area contributed by atoms with Gasteiger partial charge < -0.3 is 0 Å². The van der Waals surface area contributed by atoms with Gasteiger partial charge in [-0.15, -0.1) is 5.11 Å². The third-order valence-electron chi connectivity index (χ3n) is 0.544. The average molecular weight is 97.1 g/mol. The molecule has 0 unspecified atom stereocenters. The summed E-state index contributed by atoms with van der Waals surface area (Å²) in [4.78, 5) is 0. The summed E-state index contributed by atoms with van der Waals surface area (Å²) in [5, 5.41) is 8.34. The Balaban J connectivity index is 2.49. The molecule has 0 amide bonds. The van der Waals surface area contributed by atoms with Crippen molar-refractivity contribution < 1.29 is 0 Å². The first-order valence-corrected chi connectivity index (χ1v) is 1.81. The monoisotopic (exact) mass is 97.1 g/mol. The van der Waals surface area contributed by atoms with Gasteiger partial charge in [-0.05, 0) is 0 Å². The fourth-order valence-electron chi connectivity index (χ4n) is 0.260. The van der Waals surface area contributed by atoms with Crippen LogP contribution in [0.4, 0.5) is 0 Å². The van der Waals surface area contributed by atoms with Gasteiger partial charge in [0.25, 0.3) is 0 Å². The van der Waals surface area contributed by atoms with Crippen LogP contribution in [0.15, 0.2) is 22.7 Å². The summed E-state index contributed by atoms with van der Waals surface area (Å²) in [6.07, 6.45) is 3.20. The van der Waals surface area contributed by atoms with Crippen molar-refractivity contribution in [1.82, 2.24) is 10.5 Å². The number of nitrogens with zero attached hydrogens (tertiary/aromatic N) is 3. The van der Waals surface area contributed by atoms with E-state index in [-0.39, 0.29) is 0 Å². The lowest BCUT2D eigenvalue weighted by Gasteiger charge is -2.11. The zero-order valence-corrected chi connectivity index (χ0v) is 3.70. The van der Waals surface area contributed by atoms with Crippen LogP contribution < -0.4 is 5.53 Å². The normalized spacial score (nSPS) is 17.0. The van der Waals surface area contributed by atoms with Gasteiger partial charge in [0, 0.05) is 6.20 Å². The number of hydrazine groups is 1. The first-order chi connectivity index (χ1) is 3.39. The van der Waals surface area contributed by atoms with Crippen LogP contribution in [0.5, 0.6) is 0 Å². The molecule has 1 aliphatic rings. The zero-order valence-electron chi connectivity index (χ0n) is 3.70. The molecule has 0 spiro atoms. The first-order valence-electron chi connectivity index (χ1n) is 1.81. The SMILES string of the molecule is [CH2]N1C=CN=NN1. The second-order valence-electron chi connectivity index (χ2n) is 1.08. The van der Waals surface area contributed by atoms with E-state index in [1.807, 2.05) is 0 Å². The van der Waals surface area contributed by atoms with E-state index in [0.29, 0.717) is 0 Å². The number of hydrogen-bond donors (Lipinski definition) is 1. The molecule has 0 saturated heterocycles. The highest BCUT2D eigenvalue weighted by Crippen LogP contribution is 1.87. The quantitative estimate of drug-likeness (QED) is 0.476. The highest BCUT2D eigenvalue weighted by Gasteiger charge is 1.86. The average Bonchev–Trinajstić information content (AvgIpc) is 1.69. The summed E-state index contributed by atoms with van der Waals surface area (Å²) in [7, 11) is 3.48. The molecular weight excluding hydrogens is 92.1 g/mol. The van der Waals surface area contributed by atoms with Crippen molar-refractivity contribution >= 4 is 0 Å². The van der Waals surface area contributed by atoms with Gasteiger partial charge in [-0.25, -0.2) is 0 Å². The molecule has 1 heterocycles. The van der Waals surface area contributed by atoms with Crippen LogP contribution in [-0.4, -0.2) is 5.01 Å². The molecule has 1 radical (unpaired) electrons. The molecule has 0 aromatic rings. The fraction of sp³-hybridized carbons (Fsp3) is 0. The van der Waals surface area contributed by atoms with E-state index in [4.69, 9.17) is 0 Å². The second kappa shape index (κ2) is 1.59. The van der Waals surface area contributed by atoms with E-state index < -0.39 is 0 Å². The Kier molecular flexibility index (Phi) is 0.934. The van der Waals surface area contributed by atoms with Crippen LogP contribution in [0.25, 0.3) is 0 Å². The molecule has 0 bridgehead atoms. The van der Waals surface area contributed by atoms with Gasteiger partial charge in [0.2, 0.25) is 0 Å². The third-order valence-corrected chi connectivity index (χ3v) is 0.544. The molecule has 1 N–H and O–H groups in total. The Hall–Kier alpha value is -1.06. The predicted octanol–water partition coefficient (Wildman–Crippen LogP) is 0.437. The molecule has 0 aliphatic carbocycles. The molecule has 4 nitrogen and oxygen atoms in total. The van der Waals surface area contributed by atoms with Crippen molar-refractivity contribution in [3.05, 3.63) is 19.4 Å². The predicted molar refractivity (Wildman–Crippen MR) is 24.3 cm³/mol. The van der Waals surface area contributed by atoms with Crippen molar-refractivity contribution in [2.45, 2.75) is 0 Å². The van der Waals surface area contributed by atoms with E-state index in [1.54, 1.807) is 12.4 Å². The van der Waals surface area contributed by atoms with Gasteiger partial charge in [0.15, 0.2) is 0 Å². The van der Waals surface area contributed by atoms with Gasteiger partial charge in [0.05, 0.1) is 13.2 Å². The zero-order chi connectivity index (χ0) is 5.11. The van der Waals surface area contributed by atoms with Gasteiger partial charge in [-0.1, -0.05) is 5.22 Å². The maximum absolute atomic E-state index is 3.48. The molecule has 0 aromatic heterocycles. The Bertz CT molecular complexity index is 106. The Morgan fingerprint density at radius 2 is 2.57 bits per heavy atom. The molecule has 37 valence electrons. The van der Waals surface area contributed by atoms with Gasteiger partial charge in [0.1, 0.15) is 0 Å². The van der Waals surface area contributed by atoms with Crippen molar-refractivity contribution in [3.8, 4) is 0 Å². The Labute approximate surface area is 41.5 Å². The minimum atomic E-state index is 1.45. The molecule has 1 aliphatic heterocycles. The molecule has 0 atom stereocenters. The molecular formula is C3H5N4. The molecule has 0 fully saturated rings. The molecule has 0 aromatic carbocycles. The van der Waals surface area contributed by atoms with Gasteiger partial charge in [-0.3, -0.25) is 5.01 Å². The maximum atomic E-state index is 3.48. The molecule has 7 heavy (non-hydrogen) atoms. The van der Waals surface area contributed by atoms with Crippen LogP contribution in [0, 0.1) is 7.05 Å². The van der Waals surface area contributed by atoms with Crippen molar-refractivity contribution in [2.75, 3.05) is 0 Å². The van der Waals surface area contributed by atoms with Crippen molar-refractivity contribution in [3.63, 3.8) is 0 Å². The molecule has 0 saturated carbocycles. The molecule has 1 rings (SSSR count). The summed E-state index contributed by atoms with van der Waals surface area (Å²) in [5.74, 6) is 0. The second-order valence-corrected chi connectivity index (χ2v) is 1.08. The summed E-state index contributed by atoms with van der Waals surface area (Å²) in [6, 6.07) is 0. The van der Waals surface area contributed by atoms with E-state index in [2.05, 4.69) is 22.9 Å². The number of rotatable bonds is 0. The minimum Gasteiger partial charge on any atom is -0.275 e. The van der Waals surface area contributed by atoms with Crippen LogP contribution in [0.1, 0.15) is 0 Å². The highest BCUT2D eigenvalue weighted by atomic mass is 15.7. The van der Waals surface area contributed by atoms with E-state index in [1.165, 1.54) is 5.01 Å². The van der Waals surface area contributed by atoms with Crippen molar-refractivity contribution in [1.29, 1.82) is 0 Å².